The van der Waals surface area contributed by atoms with Gasteiger partial charge in [-0.1, -0.05) is 84.2 Å². The van der Waals surface area contributed by atoms with E-state index in [0.717, 1.165) is 24.6 Å². The van der Waals surface area contributed by atoms with Crippen LogP contribution >= 0.6 is 30.2 Å². The monoisotopic (exact) mass is 460 g/mol. The first-order valence-corrected chi connectivity index (χ1v) is 14.6. The number of rotatable bonds is 12. The standard InChI is InChI=1S/C19H40BrFO2P2/c1-15(2)24(22,16(3)4)19(21,13-11-9-10-12-14-20)25(23,17(5)6)18(7)8/h15-18H,9-14H2,1-8H3. The lowest BCUT2D eigenvalue weighted by molar-refractivity contribution is 0.315. The second kappa shape index (κ2) is 10.4. The predicted octanol–water partition coefficient (Wildman–Crippen LogP) is 8.31. The highest BCUT2D eigenvalue weighted by Gasteiger charge is 2.64. The smallest absolute Gasteiger partial charge is 0.215 e. The Morgan fingerprint density at radius 1 is 0.720 bits per heavy atom. The van der Waals surface area contributed by atoms with Crippen LogP contribution in [-0.4, -0.2) is 33.1 Å². The molecular formula is C19H40BrFO2P2. The summed E-state index contributed by atoms with van der Waals surface area (Å²) in [7, 11) is -6.62. The Bertz CT molecular complexity index is 432. The van der Waals surface area contributed by atoms with Crippen molar-refractivity contribution in [2.45, 2.75) is 115 Å². The van der Waals surface area contributed by atoms with Crippen LogP contribution in [0.5, 0.6) is 0 Å². The number of hydrogen-bond acceptors (Lipinski definition) is 2. The van der Waals surface area contributed by atoms with E-state index in [0.29, 0.717) is 6.42 Å². The van der Waals surface area contributed by atoms with Gasteiger partial charge in [0, 0.05) is 28.0 Å². The SMILES string of the molecule is CC(C)P(=O)(C(C)C)C(F)(CCCCCCBr)P(=O)(C(C)C)C(C)C. The van der Waals surface area contributed by atoms with Gasteiger partial charge in [-0.2, -0.15) is 0 Å². The predicted molar refractivity (Wildman–Crippen MR) is 116 cm³/mol. The third-order valence-electron chi connectivity index (χ3n) is 5.52. The fourth-order valence-electron chi connectivity index (χ4n) is 4.17. The summed E-state index contributed by atoms with van der Waals surface area (Å²) < 4.78 is 45.0. The number of unbranched alkanes of at least 4 members (excludes halogenated alkanes) is 3. The highest BCUT2D eigenvalue weighted by Crippen LogP contribution is 2.84. The van der Waals surface area contributed by atoms with Crippen LogP contribution in [0, 0.1) is 0 Å². The molecular weight excluding hydrogens is 421 g/mol. The van der Waals surface area contributed by atoms with Crippen molar-refractivity contribution in [2.75, 3.05) is 5.33 Å². The van der Waals surface area contributed by atoms with E-state index in [-0.39, 0.29) is 29.1 Å². The highest BCUT2D eigenvalue weighted by atomic mass is 79.9. The topological polar surface area (TPSA) is 34.1 Å². The Morgan fingerprint density at radius 2 is 1.04 bits per heavy atom. The molecule has 2 nitrogen and oxygen atoms in total. The second-order valence-corrected chi connectivity index (χ2v) is 17.9. The highest BCUT2D eigenvalue weighted by molar-refractivity contribution is 9.09. The minimum Gasteiger partial charge on any atom is -0.319 e. The summed E-state index contributed by atoms with van der Waals surface area (Å²) in [6.07, 6.45) is 3.77. The summed E-state index contributed by atoms with van der Waals surface area (Å²) in [6.45, 7) is 14.7. The summed E-state index contributed by atoms with van der Waals surface area (Å²) in [5, 5.41) is -1.11. The van der Waals surface area contributed by atoms with Gasteiger partial charge in [0.25, 0.3) is 0 Å². The van der Waals surface area contributed by atoms with Gasteiger partial charge < -0.3 is 9.13 Å². The quantitative estimate of drug-likeness (QED) is 0.166. The Hall–Kier alpha value is 0.870. The maximum atomic E-state index is 16.9. The molecule has 0 aromatic rings. The van der Waals surface area contributed by atoms with Crippen LogP contribution in [-0.2, 0) is 9.13 Å². The van der Waals surface area contributed by atoms with Gasteiger partial charge in [0.1, 0.15) is 14.3 Å². The van der Waals surface area contributed by atoms with Crippen LogP contribution in [0.3, 0.4) is 0 Å². The van der Waals surface area contributed by atoms with Crippen molar-refractivity contribution >= 4 is 30.2 Å². The third kappa shape index (κ3) is 5.03. The first-order valence-electron chi connectivity index (χ1n) is 9.77. The fourth-order valence-corrected chi connectivity index (χ4v) is 15.9. The van der Waals surface area contributed by atoms with Crippen molar-refractivity contribution in [1.82, 2.24) is 0 Å². The molecule has 152 valence electrons. The Morgan fingerprint density at radius 3 is 1.32 bits per heavy atom. The van der Waals surface area contributed by atoms with Crippen molar-refractivity contribution in [2.24, 2.45) is 0 Å². The molecule has 0 aromatic heterocycles. The van der Waals surface area contributed by atoms with Gasteiger partial charge in [-0.15, -0.1) is 0 Å². The van der Waals surface area contributed by atoms with Gasteiger partial charge in [-0.3, -0.25) is 0 Å². The molecule has 0 unspecified atom stereocenters. The maximum Gasteiger partial charge on any atom is 0.215 e. The largest absolute Gasteiger partial charge is 0.319 e. The summed E-state index contributed by atoms with van der Waals surface area (Å²) in [5.74, 6) is 0. The van der Waals surface area contributed by atoms with Gasteiger partial charge >= 0.3 is 0 Å². The van der Waals surface area contributed by atoms with Crippen LogP contribution < -0.4 is 0 Å². The minimum absolute atomic E-state index is 0.163. The lowest BCUT2D eigenvalue weighted by Gasteiger charge is -2.47. The van der Waals surface area contributed by atoms with E-state index in [1.807, 2.05) is 55.4 Å². The zero-order valence-corrected chi connectivity index (χ0v) is 20.9. The molecule has 0 spiro atoms. The van der Waals surface area contributed by atoms with E-state index >= 15 is 4.39 Å². The number of halogens is 2. The molecule has 0 atom stereocenters. The van der Waals surface area contributed by atoms with E-state index in [4.69, 9.17) is 0 Å². The molecule has 0 saturated carbocycles. The van der Waals surface area contributed by atoms with Crippen molar-refractivity contribution in [3.63, 3.8) is 0 Å². The first-order chi connectivity index (χ1) is 11.3. The molecule has 0 rings (SSSR count). The molecule has 0 N–H and O–H groups in total. The van der Waals surface area contributed by atoms with Crippen molar-refractivity contribution in [3.05, 3.63) is 0 Å². The first kappa shape index (κ1) is 25.9. The Balaban J connectivity index is 6.13. The maximum absolute atomic E-state index is 16.9. The Kier molecular flexibility index (Phi) is 10.8. The molecule has 0 aliphatic carbocycles. The average Bonchev–Trinajstić information content (AvgIpc) is 2.51. The molecule has 0 radical (unpaired) electrons. The van der Waals surface area contributed by atoms with Crippen molar-refractivity contribution < 1.29 is 13.5 Å². The Labute approximate surface area is 164 Å². The second-order valence-electron chi connectivity index (χ2n) is 8.37. The summed E-state index contributed by atoms with van der Waals surface area (Å²) in [6, 6.07) is 0. The molecule has 0 saturated heterocycles. The van der Waals surface area contributed by atoms with E-state index < -0.39 is 19.4 Å². The molecule has 0 fully saturated rings. The zero-order valence-electron chi connectivity index (χ0n) is 17.5. The molecule has 6 heteroatoms. The fraction of sp³-hybridized carbons (Fsp3) is 1.00. The van der Waals surface area contributed by atoms with Crippen LogP contribution in [0.25, 0.3) is 0 Å². The molecule has 0 bridgehead atoms. The number of alkyl halides is 2. The van der Waals surface area contributed by atoms with E-state index in [1.165, 1.54) is 0 Å². The summed E-state index contributed by atoms with van der Waals surface area (Å²) in [5.41, 5.74) is -1.20. The molecule has 0 aliphatic heterocycles. The van der Waals surface area contributed by atoms with Crippen LogP contribution in [0.1, 0.15) is 87.5 Å². The normalized spacial score (nSPS) is 14.3. The van der Waals surface area contributed by atoms with Crippen molar-refractivity contribution in [3.8, 4) is 0 Å². The van der Waals surface area contributed by atoms with Gasteiger partial charge in [0.15, 0.2) is 0 Å². The third-order valence-corrected chi connectivity index (χ3v) is 16.7. The van der Waals surface area contributed by atoms with Gasteiger partial charge in [0.05, 0.1) is 0 Å². The van der Waals surface area contributed by atoms with E-state index in [1.54, 1.807) is 0 Å². The molecule has 25 heavy (non-hydrogen) atoms. The van der Waals surface area contributed by atoms with Crippen LogP contribution in [0.15, 0.2) is 0 Å². The lowest BCUT2D eigenvalue weighted by atomic mass is 10.2. The molecule has 0 aliphatic rings. The van der Waals surface area contributed by atoms with E-state index in [9.17, 15) is 9.13 Å². The zero-order chi connectivity index (χ0) is 20.1. The van der Waals surface area contributed by atoms with Crippen LogP contribution in [0.4, 0.5) is 4.39 Å². The summed E-state index contributed by atoms with van der Waals surface area (Å²) in [4.78, 5) is 0. The lowest BCUT2D eigenvalue weighted by Crippen LogP contribution is -2.36. The molecule has 0 aromatic carbocycles. The van der Waals surface area contributed by atoms with Gasteiger partial charge in [-0.25, -0.2) is 4.39 Å². The van der Waals surface area contributed by atoms with E-state index in [2.05, 4.69) is 15.9 Å². The van der Waals surface area contributed by atoms with Gasteiger partial charge in [-0.05, 0) is 19.3 Å². The summed E-state index contributed by atoms with van der Waals surface area (Å²) >= 11 is 3.42. The molecule has 0 amide bonds. The van der Waals surface area contributed by atoms with Crippen molar-refractivity contribution in [1.29, 1.82) is 0 Å². The average molecular weight is 461 g/mol. The van der Waals surface area contributed by atoms with Crippen LogP contribution in [0.2, 0.25) is 0 Å². The molecule has 0 heterocycles. The van der Waals surface area contributed by atoms with Gasteiger partial charge in [0.2, 0.25) is 5.15 Å². The number of hydrogen-bond donors (Lipinski definition) is 0. The minimum atomic E-state index is -3.31.